The number of nitrogens with zero attached hydrogens (tertiary/aromatic N) is 1. The van der Waals surface area contributed by atoms with Crippen LogP contribution in [-0.4, -0.2) is 25.0 Å². The molecule has 2 aliphatic heterocycles. The summed E-state index contributed by atoms with van der Waals surface area (Å²) in [4.78, 5) is 15.5. The maximum Gasteiger partial charge on any atom is 0.234 e. The van der Waals surface area contributed by atoms with Crippen LogP contribution in [0.2, 0.25) is 0 Å². The number of amides is 1. The zero-order valence-electron chi connectivity index (χ0n) is 13.2. The highest BCUT2D eigenvalue weighted by atomic mass is 16.2. The molecule has 1 fully saturated rings. The third-order valence-corrected chi connectivity index (χ3v) is 5.17. The smallest absolute Gasteiger partial charge is 0.234 e. The molecule has 2 heterocycles. The molecule has 3 nitrogen and oxygen atoms in total. The highest BCUT2D eigenvalue weighted by Crippen LogP contribution is 2.39. The fourth-order valence-corrected chi connectivity index (χ4v) is 3.98. The molecule has 1 aromatic carbocycles. The number of para-hydroxylation sites is 1. The molecule has 1 aromatic rings. The highest BCUT2D eigenvalue weighted by molar-refractivity contribution is 5.99. The van der Waals surface area contributed by atoms with Crippen molar-refractivity contribution in [3.8, 4) is 0 Å². The van der Waals surface area contributed by atoms with Crippen LogP contribution in [0.25, 0.3) is 0 Å². The van der Waals surface area contributed by atoms with Gasteiger partial charge in [0.25, 0.3) is 0 Å². The van der Waals surface area contributed by atoms with Crippen LogP contribution < -0.4 is 10.2 Å². The Labute approximate surface area is 127 Å². The lowest BCUT2D eigenvalue weighted by Crippen LogP contribution is -2.51. The first-order valence-electron chi connectivity index (χ1n) is 8.30. The predicted octanol–water partition coefficient (Wildman–Crippen LogP) is 3.13. The lowest BCUT2D eigenvalue weighted by Gasteiger charge is -2.41. The van der Waals surface area contributed by atoms with Crippen molar-refractivity contribution >= 4 is 11.6 Å². The number of carbonyl (C=O) groups excluding carboxylic acids is 1. The fraction of sp³-hybridized carbons (Fsp3) is 0.611. The van der Waals surface area contributed by atoms with E-state index in [0.29, 0.717) is 11.9 Å². The maximum atomic E-state index is 13.4. The van der Waals surface area contributed by atoms with Gasteiger partial charge in [0.1, 0.15) is 0 Å². The minimum absolute atomic E-state index is 0.187. The van der Waals surface area contributed by atoms with E-state index in [2.05, 4.69) is 48.3 Å². The molecule has 2 atom stereocenters. The Morgan fingerprint density at radius 3 is 2.95 bits per heavy atom. The van der Waals surface area contributed by atoms with Gasteiger partial charge in [-0.25, -0.2) is 0 Å². The number of hydrogen-bond acceptors (Lipinski definition) is 2. The average Bonchev–Trinajstić information content (AvgIpc) is 2.97. The fourth-order valence-electron chi connectivity index (χ4n) is 3.98. The zero-order valence-corrected chi connectivity index (χ0v) is 13.2. The normalized spacial score (nSPS) is 28.5. The Hall–Kier alpha value is -1.35. The van der Waals surface area contributed by atoms with Gasteiger partial charge < -0.3 is 10.2 Å². The molecular formula is C18H26N2O. The molecule has 0 aliphatic carbocycles. The number of carbonyl (C=O) groups is 1. The Bertz CT molecular complexity index is 520. The van der Waals surface area contributed by atoms with Gasteiger partial charge in [0.15, 0.2) is 0 Å². The first kappa shape index (κ1) is 14.6. The molecule has 1 amide bonds. The number of aryl methyl sites for hydroxylation is 1. The van der Waals surface area contributed by atoms with Gasteiger partial charge in [-0.15, -0.1) is 0 Å². The second kappa shape index (κ2) is 5.80. The minimum atomic E-state index is -0.187. The first-order valence-corrected chi connectivity index (χ1v) is 8.30. The summed E-state index contributed by atoms with van der Waals surface area (Å²) in [5.41, 5.74) is 2.28. The average molecular weight is 286 g/mol. The summed E-state index contributed by atoms with van der Waals surface area (Å²) in [5.74, 6) is 0.342. The van der Waals surface area contributed by atoms with Crippen LogP contribution in [0.4, 0.5) is 5.69 Å². The molecule has 2 aliphatic rings. The van der Waals surface area contributed by atoms with Crippen LogP contribution in [0.5, 0.6) is 0 Å². The van der Waals surface area contributed by atoms with Gasteiger partial charge in [-0.1, -0.05) is 31.5 Å². The molecule has 3 heteroatoms. The van der Waals surface area contributed by atoms with Gasteiger partial charge >= 0.3 is 0 Å². The second-order valence-corrected chi connectivity index (χ2v) is 6.65. The van der Waals surface area contributed by atoms with Crippen LogP contribution in [0.15, 0.2) is 24.3 Å². The molecule has 0 spiro atoms. The third kappa shape index (κ3) is 2.48. The molecule has 0 aromatic heterocycles. The van der Waals surface area contributed by atoms with E-state index in [9.17, 15) is 4.79 Å². The molecule has 2 unspecified atom stereocenters. The van der Waals surface area contributed by atoms with Crippen LogP contribution >= 0.6 is 0 Å². The molecule has 0 saturated carbocycles. The van der Waals surface area contributed by atoms with Crippen molar-refractivity contribution in [1.29, 1.82) is 0 Å². The van der Waals surface area contributed by atoms with Gasteiger partial charge in [-0.05, 0) is 50.8 Å². The van der Waals surface area contributed by atoms with Gasteiger partial charge in [-0.2, -0.15) is 0 Å². The van der Waals surface area contributed by atoms with Crippen molar-refractivity contribution in [2.75, 3.05) is 18.0 Å². The summed E-state index contributed by atoms with van der Waals surface area (Å²) in [7, 11) is 0. The van der Waals surface area contributed by atoms with E-state index in [0.717, 1.165) is 50.9 Å². The second-order valence-electron chi connectivity index (χ2n) is 6.65. The van der Waals surface area contributed by atoms with Gasteiger partial charge in [0.2, 0.25) is 5.91 Å². The Balaban J connectivity index is 1.96. The summed E-state index contributed by atoms with van der Waals surface area (Å²) >= 11 is 0. The number of hydrogen-bond donors (Lipinski definition) is 1. The summed E-state index contributed by atoms with van der Waals surface area (Å²) in [6, 6.07) is 8.72. The molecule has 0 bridgehead atoms. The topological polar surface area (TPSA) is 32.3 Å². The van der Waals surface area contributed by atoms with E-state index in [1.807, 2.05) is 0 Å². The Morgan fingerprint density at radius 1 is 1.43 bits per heavy atom. The number of benzene rings is 1. The van der Waals surface area contributed by atoms with Crippen molar-refractivity contribution in [2.45, 2.75) is 52.0 Å². The van der Waals surface area contributed by atoms with E-state index < -0.39 is 0 Å². The van der Waals surface area contributed by atoms with E-state index in [1.165, 1.54) is 5.56 Å². The summed E-state index contributed by atoms with van der Waals surface area (Å²) < 4.78 is 0. The van der Waals surface area contributed by atoms with Gasteiger partial charge in [0, 0.05) is 18.3 Å². The van der Waals surface area contributed by atoms with Crippen molar-refractivity contribution in [3.05, 3.63) is 29.8 Å². The van der Waals surface area contributed by atoms with Crippen molar-refractivity contribution in [3.63, 3.8) is 0 Å². The van der Waals surface area contributed by atoms with Crippen molar-refractivity contribution in [2.24, 2.45) is 5.41 Å². The highest BCUT2D eigenvalue weighted by Gasteiger charge is 2.45. The summed E-state index contributed by atoms with van der Waals surface area (Å²) in [6.07, 6.45) is 5.19. The minimum Gasteiger partial charge on any atom is -0.316 e. The molecule has 21 heavy (non-hydrogen) atoms. The van der Waals surface area contributed by atoms with Crippen LogP contribution in [0, 0.1) is 5.41 Å². The molecule has 114 valence electrons. The van der Waals surface area contributed by atoms with Gasteiger partial charge in [0.05, 0.1) is 5.41 Å². The van der Waals surface area contributed by atoms with E-state index >= 15 is 0 Å². The van der Waals surface area contributed by atoms with Gasteiger partial charge in [-0.3, -0.25) is 4.79 Å². The van der Waals surface area contributed by atoms with E-state index in [-0.39, 0.29) is 5.41 Å². The SMILES string of the molecule is CCCC1(C(=O)N2c3ccccc3CCC2C)CCNC1. The first-order chi connectivity index (χ1) is 10.2. The van der Waals surface area contributed by atoms with Crippen LogP contribution in [0.1, 0.15) is 45.1 Å². The lowest BCUT2D eigenvalue weighted by molar-refractivity contribution is -0.128. The number of rotatable bonds is 3. The quantitative estimate of drug-likeness (QED) is 0.926. The number of fused-ring (bicyclic) bond motifs is 1. The zero-order chi connectivity index (χ0) is 14.9. The third-order valence-electron chi connectivity index (χ3n) is 5.17. The Kier molecular flexibility index (Phi) is 4.03. The number of nitrogens with one attached hydrogen (secondary N) is 1. The van der Waals surface area contributed by atoms with E-state index in [4.69, 9.17) is 0 Å². The molecule has 3 rings (SSSR count). The Morgan fingerprint density at radius 2 is 2.24 bits per heavy atom. The monoisotopic (exact) mass is 286 g/mol. The molecule has 1 N–H and O–H groups in total. The van der Waals surface area contributed by atoms with Crippen molar-refractivity contribution < 1.29 is 4.79 Å². The largest absolute Gasteiger partial charge is 0.316 e. The predicted molar refractivity (Wildman–Crippen MR) is 86.5 cm³/mol. The maximum absolute atomic E-state index is 13.4. The van der Waals surface area contributed by atoms with Crippen LogP contribution in [0.3, 0.4) is 0 Å². The van der Waals surface area contributed by atoms with Crippen LogP contribution in [-0.2, 0) is 11.2 Å². The lowest BCUT2D eigenvalue weighted by atomic mass is 9.79. The standard InChI is InChI=1S/C18H26N2O/c1-3-10-18(11-12-19-13-18)17(21)20-14(2)8-9-15-6-4-5-7-16(15)20/h4-7,14,19H,3,8-13H2,1-2H3. The number of anilines is 1. The molecular weight excluding hydrogens is 260 g/mol. The molecule has 0 radical (unpaired) electrons. The summed E-state index contributed by atoms with van der Waals surface area (Å²) in [5, 5.41) is 3.41. The van der Waals surface area contributed by atoms with Crippen molar-refractivity contribution in [1.82, 2.24) is 5.32 Å². The molecule has 1 saturated heterocycles. The van der Waals surface area contributed by atoms with E-state index in [1.54, 1.807) is 0 Å². The summed E-state index contributed by atoms with van der Waals surface area (Å²) in [6.45, 7) is 6.18.